The van der Waals surface area contributed by atoms with Crippen molar-refractivity contribution in [3.8, 4) is 0 Å². The minimum atomic E-state index is -0.120. The summed E-state index contributed by atoms with van der Waals surface area (Å²) in [6.07, 6.45) is 3.65. The smallest absolute Gasteiger partial charge is 0.254 e. The van der Waals surface area contributed by atoms with E-state index in [1.807, 2.05) is 13.1 Å². The SMILES string of the molecule is CN(C)C(=O)c1ccc(N[C@@H]2CC(=O)N(C)[C@H]2c2ccnn2C)nc1. The third-order valence-electron chi connectivity index (χ3n) is 4.50. The summed E-state index contributed by atoms with van der Waals surface area (Å²) in [7, 11) is 7.07. The molecule has 0 aromatic carbocycles. The fourth-order valence-corrected chi connectivity index (χ4v) is 3.13. The lowest BCUT2D eigenvalue weighted by atomic mass is 10.1. The molecule has 0 saturated carbocycles. The average Bonchev–Trinajstić information content (AvgIpc) is 3.11. The molecule has 0 spiro atoms. The third kappa shape index (κ3) is 3.19. The first-order valence-electron chi connectivity index (χ1n) is 8.06. The zero-order valence-corrected chi connectivity index (χ0v) is 14.8. The Morgan fingerprint density at radius 1 is 1.28 bits per heavy atom. The summed E-state index contributed by atoms with van der Waals surface area (Å²) < 4.78 is 1.78. The Morgan fingerprint density at radius 2 is 2.04 bits per heavy atom. The highest BCUT2D eigenvalue weighted by molar-refractivity contribution is 5.93. The number of likely N-dealkylation sites (tertiary alicyclic amines) is 1. The Hall–Kier alpha value is -2.90. The molecule has 2 atom stereocenters. The second-order valence-corrected chi connectivity index (χ2v) is 6.42. The fraction of sp³-hybridized carbons (Fsp3) is 0.412. The Labute approximate surface area is 146 Å². The number of pyridine rings is 1. The van der Waals surface area contributed by atoms with Gasteiger partial charge in [-0.2, -0.15) is 5.10 Å². The van der Waals surface area contributed by atoms with Crippen molar-refractivity contribution in [3.05, 3.63) is 41.9 Å². The lowest BCUT2D eigenvalue weighted by Crippen LogP contribution is -2.31. The Morgan fingerprint density at radius 3 is 2.60 bits per heavy atom. The molecule has 2 aromatic rings. The molecule has 1 aliphatic heterocycles. The van der Waals surface area contributed by atoms with E-state index in [-0.39, 0.29) is 23.9 Å². The molecule has 1 N–H and O–H groups in total. The van der Waals surface area contributed by atoms with Crippen LogP contribution in [0.4, 0.5) is 5.82 Å². The molecule has 2 amide bonds. The van der Waals surface area contributed by atoms with Crippen molar-refractivity contribution >= 4 is 17.6 Å². The summed E-state index contributed by atoms with van der Waals surface area (Å²) in [6.45, 7) is 0. The number of hydrogen-bond acceptors (Lipinski definition) is 5. The van der Waals surface area contributed by atoms with E-state index in [1.54, 1.807) is 55.3 Å². The number of anilines is 1. The number of rotatable bonds is 4. The molecule has 8 nitrogen and oxygen atoms in total. The third-order valence-corrected chi connectivity index (χ3v) is 4.50. The molecule has 0 aliphatic carbocycles. The Kier molecular flexibility index (Phi) is 4.43. The van der Waals surface area contributed by atoms with Crippen LogP contribution in [0.2, 0.25) is 0 Å². The van der Waals surface area contributed by atoms with E-state index in [9.17, 15) is 9.59 Å². The standard InChI is InChI=1S/C17H22N6O2/c1-21(2)17(25)11-5-6-14(18-10-11)20-12-9-15(24)22(3)16(12)13-7-8-19-23(13)4/h5-8,10,12,16H,9H2,1-4H3,(H,18,20)/t12-,16-/m1/s1. The minimum absolute atomic E-state index is 0.0723. The van der Waals surface area contributed by atoms with Gasteiger partial charge >= 0.3 is 0 Å². The molecule has 132 valence electrons. The largest absolute Gasteiger partial charge is 0.364 e. The monoisotopic (exact) mass is 342 g/mol. The second kappa shape index (κ2) is 6.54. The van der Waals surface area contributed by atoms with Crippen LogP contribution < -0.4 is 5.32 Å². The summed E-state index contributed by atoms with van der Waals surface area (Å²) in [6, 6.07) is 5.18. The maximum atomic E-state index is 12.2. The number of carbonyl (C=O) groups is 2. The molecule has 0 unspecified atom stereocenters. The van der Waals surface area contributed by atoms with Gasteiger partial charge in [-0.15, -0.1) is 0 Å². The van der Waals surface area contributed by atoms with Crippen LogP contribution in [0.15, 0.2) is 30.6 Å². The van der Waals surface area contributed by atoms with Crippen LogP contribution in [0, 0.1) is 0 Å². The summed E-state index contributed by atoms with van der Waals surface area (Å²) in [5.41, 5.74) is 1.49. The molecule has 1 saturated heterocycles. The van der Waals surface area contributed by atoms with E-state index in [0.717, 1.165) is 5.69 Å². The number of aryl methyl sites for hydroxylation is 1. The number of likely N-dealkylation sites (N-methyl/N-ethyl adjacent to an activating group) is 1. The molecular formula is C17H22N6O2. The van der Waals surface area contributed by atoms with Crippen molar-refractivity contribution in [1.82, 2.24) is 24.6 Å². The van der Waals surface area contributed by atoms with Gasteiger partial charge < -0.3 is 15.1 Å². The molecule has 0 bridgehead atoms. The Bertz CT molecular complexity index is 783. The number of amides is 2. The van der Waals surface area contributed by atoms with E-state index < -0.39 is 0 Å². The highest BCUT2D eigenvalue weighted by atomic mass is 16.2. The van der Waals surface area contributed by atoms with Crippen LogP contribution in [0.25, 0.3) is 0 Å². The van der Waals surface area contributed by atoms with Crippen LogP contribution in [0.1, 0.15) is 28.5 Å². The first-order chi connectivity index (χ1) is 11.9. The minimum Gasteiger partial charge on any atom is -0.364 e. The fourth-order valence-electron chi connectivity index (χ4n) is 3.13. The van der Waals surface area contributed by atoms with E-state index in [4.69, 9.17) is 0 Å². The predicted octanol–water partition coefficient (Wildman–Crippen LogP) is 0.901. The molecule has 2 aromatic heterocycles. The van der Waals surface area contributed by atoms with Gasteiger partial charge in [0.2, 0.25) is 5.91 Å². The number of nitrogens with zero attached hydrogens (tertiary/aromatic N) is 5. The molecule has 3 rings (SSSR count). The van der Waals surface area contributed by atoms with Gasteiger partial charge in [-0.3, -0.25) is 14.3 Å². The van der Waals surface area contributed by atoms with Crippen molar-refractivity contribution < 1.29 is 9.59 Å². The summed E-state index contributed by atoms with van der Waals surface area (Å²) >= 11 is 0. The van der Waals surface area contributed by atoms with Crippen molar-refractivity contribution in [2.75, 3.05) is 26.5 Å². The number of aromatic nitrogens is 3. The lowest BCUT2D eigenvalue weighted by Gasteiger charge is -2.26. The van der Waals surface area contributed by atoms with Gasteiger partial charge in [-0.1, -0.05) is 0 Å². The zero-order valence-electron chi connectivity index (χ0n) is 14.8. The van der Waals surface area contributed by atoms with Crippen LogP contribution in [0.5, 0.6) is 0 Å². The van der Waals surface area contributed by atoms with E-state index in [2.05, 4.69) is 15.4 Å². The van der Waals surface area contributed by atoms with Gasteiger partial charge in [0, 0.05) is 47.0 Å². The average molecular weight is 342 g/mol. The van der Waals surface area contributed by atoms with Crippen molar-refractivity contribution in [3.63, 3.8) is 0 Å². The summed E-state index contributed by atoms with van der Waals surface area (Å²) in [5, 5.41) is 7.53. The Balaban J connectivity index is 1.80. The van der Waals surface area contributed by atoms with Crippen LogP contribution in [-0.2, 0) is 11.8 Å². The summed E-state index contributed by atoms with van der Waals surface area (Å²) in [4.78, 5) is 31.7. The first-order valence-corrected chi connectivity index (χ1v) is 8.06. The molecule has 8 heteroatoms. The van der Waals surface area contributed by atoms with Gasteiger partial charge in [0.15, 0.2) is 0 Å². The highest BCUT2D eigenvalue weighted by Crippen LogP contribution is 2.33. The normalized spacial score (nSPS) is 20.0. The molecule has 0 radical (unpaired) electrons. The van der Waals surface area contributed by atoms with Gasteiger partial charge in [-0.25, -0.2) is 4.98 Å². The summed E-state index contributed by atoms with van der Waals surface area (Å²) in [5.74, 6) is 0.612. The zero-order chi connectivity index (χ0) is 18.1. The van der Waals surface area contributed by atoms with Crippen LogP contribution >= 0.6 is 0 Å². The quantitative estimate of drug-likeness (QED) is 0.893. The lowest BCUT2D eigenvalue weighted by molar-refractivity contribution is -0.127. The van der Waals surface area contributed by atoms with Gasteiger partial charge in [0.05, 0.1) is 23.3 Å². The maximum Gasteiger partial charge on any atom is 0.254 e. The molecular weight excluding hydrogens is 320 g/mol. The van der Waals surface area contributed by atoms with Crippen molar-refractivity contribution in [2.45, 2.75) is 18.5 Å². The molecule has 1 fully saturated rings. The molecule has 3 heterocycles. The van der Waals surface area contributed by atoms with Gasteiger partial charge in [-0.05, 0) is 18.2 Å². The van der Waals surface area contributed by atoms with Crippen LogP contribution in [0.3, 0.4) is 0 Å². The second-order valence-electron chi connectivity index (χ2n) is 6.42. The van der Waals surface area contributed by atoms with Gasteiger partial charge in [0.25, 0.3) is 5.91 Å². The topological polar surface area (TPSA) is 83.4 Å². The van der Waals surface area contributed by atoms with Crippen molar-refractivity contribution in [1.29, 1.82) is 0 Å². The van der Waals surface area contributed by atoms with E-state index >= 15 is 0 Å². The predicted molar refractivity (Wildman–Crippen MR) is 93.0 cm³/mol. The number of hydrogen-bond donors (Lipinski definition) is 1. The molecule has 25 heavy (non-hydrogen) atoms. The van der Waals surface area contributed by atoms with Gasteiger partial charge in [0.1, 0.15) is 5.82 Å². The van der Waals surface area contributed by atoms with Crippen LogP contribution in [-0.4, -0.2) is 63.6 Å². The number of carbonyl (C=O) groups excluding carboxylic acids is 2. The van der Waals surface area contributed by atoms with E-state index in [1.165, 1.54) is 4.90 Å². The van der Waals surface area contributed by atoms with Crippen molar-refractivity contribution in [2.24, 2.45) is 7.05 Å². The van der Waals surface area contributed by atoms with E-state index in [0.29, 0.717) is 17.8 Å². The maximum absolute atomic E-state index is 12.2. The molecule has 1 aliphatic rings. The number of nitrogens with one attached hydrogen (secondary N) is 1. The highest BCUT2D eigenvalue weighted by Gasteiger charge is 2.40. The first kappa shape index (κ1) is 16.9.